The number of rotatable bonds is 4. The predicted molar refractivity (Wildman–Crippen MR) is 85.6 cm³/mol. The van der Waals surface area contributed by atoms with Crippen LogP contribution in [-0.2, 0) is 0 Å². The van der Waals surface area contributed by atoms with Gasteiger partial charge in [0.1, 0.15) is 11.5 Å². The van der Waals surface area contributed by atoms with Crippen LogP contribution in [0.1, 0.15) is 37.2 Å². The van der Waals surface area contributed by atoms with Gasteiger partial charge in [-0.2, -0.15) is 0 Å². The number of amides is 1. The average Bonchev–Trinajstić information content (AvgIpc) is 2.45. The molecule has 2 aromatic rings. The van der Waals surface area contributed by atoms with Gasteiger partial charge in [0.15, 0.2) is 0 Å². The van der Waals surface area contributed by atoms with E-state index in [1.807, 2.05) is 37.3 Å². The first-order valence-corrected chi connectivity index (χ1v) is 7.62. The van der Waals surface area contributed by atoms with Crippen molar-refractivity contribution in [2.75, 3.05) is 11.9 Å². The van der Waals surface area contributed by atoms with Crippen molar-refractivity contribution in [1.29, 1.82) is 0 Å². The molecule has 21 heavy (non-hydrogen) atoms. The number of carbonyl (C=O) groups is 1. The number of nitrogens with one attached hydrogen (secondary N) is 2. The van der Waals surface area contributed by atoms with E-state index >= 15 is 0 Å². The number of carbonyl (C=O) groups excluding carboxylic acids is 1. The first kappa shape index (κ1) is 13.9. The van der Waals surface area contributed by atoms with Gasteiger partial charge in [0.25, 0.3) is 5.91 Å². The molecule has 0 unspecified atom stereocenters. The van der Waals surface area contributed by atoms with Crippen LogP contribution >= 0.6 is 0 Å². The van der Waals surface area contributed by atoms with Crippen LogP contribution < -0.4 is 10.6 Å². The van der Waals surface area contributed by atoms with Crippen molar-refractivity contribution < 1.29 is 4.79 Å². The maximum Gasteiger partial charge on any atom is 0.270 e. The van der Waals surface area contributed by atoms with Crippen molar-refractivity contribution in [2.45, 2.75) is 32.7 Å². The fourth-order valence-electron chi connectivity index (χ4n) is 2.90. The van der Waals surface area contributed by atoms with Crippen LogP contribution in [0.15, 0.2) is 30.3 Å². The van der Waals surface area contributed by atoms with E-state index in [2.05, 4.69) is 22.5 Å². The molecular formula is C17H21N3O. The van der Waals surface area contributed by atoms with E-state index in [0.717, 1.165) is 41.9 Å². The predicted octanol–water partition coefficient (Wildman–Crippen LogP) is 3.19. The van der Waals surface area contributed by atoms with Gasteiger partial charge in [-0.3, -0.25) is 4.79 Å². The monoisotopic (exact) mass is 283 g/mol. The molecule has 110 valence electrons. The van der Waals surface area contributed by atoms with Gasteiger partial charge in [-0.25, -0.2) is 4.98 Å². The molecule has 0 aliphatic heterocycles. The van der Waals surface area contributed by atoms with Crippen LogP contribution in [0.3, 0.4) is 0 Å². The minimum Gasteiger partial charge on any atom is -0.370 e. The van der Waals surface area contributed by atoms with Crippen molar-refractivity contribution in [3.05, 3.63) is 36.0 Å². The van der Waals surface area contributed by atoms with E-state index in [1.54, 1.807) is 0 Å². The number of nitrogens with zero attached hydrogens (tertiary/aromatic N) is 1. The number of hydrogen-bond donors (Lipinski definition) is 2. The summed E-state index contributed by atoms with van der Waals surface area (Å²) in [7, 11) is 0. The maximum absolute atomic E-state index is 12.4. The summed E-state index contributed by atoms with van der Waals surface area (Å²) in [5, 5.41) is 8.40. The Morgan fingerprint density at radius 1 is 1.33 bits per heavy atom. The molecule has 2 N–H and O–H groups in total. The third-order valence-corrected chi connectivity index (χ3v) is 4.03. The number of aromatic nitrogens is 1. The smallest absolute Gasteiger partial charge is 0.270 e. The quantitative estimate of drug-likeness (QED) is 0.906. The van der Waals surface area contributed by atoms with Crippen LogP contribution in [0.4, 0.5) is 5.82 Å². The molecular weight excluding hydrogens is 262 g/mol. The summed E-state index contributed by atoms with van der Waals surface area (Å²) in [5.41, 5.74) is 0.490. The number of anilines is 1. The lowest BCUT2D eigenvalue weighted by Crippen LogP contribution is -2.43. The highest BCUT2D eigenvalue weighted by atomic mass is 16.1. The normalized spacial score (nSPS) is 20.9. The van der Waals surface area contributed by atoms with Crippen molar-refractivity contribution in [3.63, 3.8) is 0 Å². The average molecular weight is 283 g/mol. The topological polar surface area (TPSA) is 54.0 Å². The standard InChI is InChI=1S/C17H21N3O/c1-3-18-16-14-7-5-4-6-12(14)10-15(20-16)17(21)19-13-8-11(2)9-13/h4-7,10-11,13H,3,8-9H2,1-2H3,(H,18,20)(H,19,21). The van der Waals surface area contributed by atoms with E-state index in [9.17, 15) is 4.79 Å². The van der Waals surface area contributed by atoms with Gasteiger partial charge in [-0.15, -0.1) is 0 Å². The third kappa shape index (κ3) is 2.84. The molecule has 1 aromatic carbocycles. The van der Waals surface area contributed by atoms with E-state index in [4.69, 9.17) is 0 Å². The number of hydrogen-bond acceptors (Lipinski definition) is 3. The second-order valence-electron chi connectivity index (χ2n) is 5.85. The van der Waals surface area contributed by atoms with Gasteiger partial charge in [0.05, 0.1) is 0 Å². The first-order valence-electron chi connectivity index (χ1n) is 7.62. The molecule has 1 saturated carbocycles. The molecule has 0 radical (unpaired) electrons. The van der Waals surface area contributed by atoms with Crippen LogP contribution in [0.25, 0.3) is 10.8 Å². The Labute approximate surface area is 125 Å². The Balaban J connectivity index is 1.89. The minimum atomic E-state index is -0.0724. The highest BCUT2D eigenvalue weighted by molar-refractivity contribution is 6.00. The van der Waals surface area contributed by atoms with Gasteiger partial charge >= 0.3 is 0 Å². The molecule has 1 aromatic heterocycles. The van der Waals surface area contributed by atoms with Crippen LogP contribution in [0.5, 0.6) is 0 Å². The Kier molecular flexibility index (Phi) is 3.78. The molecule has 1 aliphatic rings. The van der Waals surface area contributed by atoms with Gasteiger partial charge in [0, 0.05) is 18.0 Å². The fraction of sp³-hybridized carbons (Fsp3) is 0.412. The summed E-state index contributed by atoms with van der Waals surface area (Å²) in [6.45, 7) is 5.02. The minimum absolute atomic E-state index is 0.0724. The SMILES string of the molecule is CCNc1nc(C(=O)NC2CC(C)C2)cc2ccccc12. The van der Waals surface area contributed by atoms with E-state index < -0.39 is 0 Å². The lowest BCUT2D eigenvalue weighted by Gasteiger charge is -2.33. The molecule has 4 nitrogen and oxygen atoms in total. The summed E-state index contributed by atoms with van der Waals surface area (Å²) in [5.74, 6) is 1.43. The fourth-order valence-corrected chi connectivity index (χ4v) is 2.90. The Morgan fingerprint density at radius 3 is 2.81 bits per heavy atom. The van der Waals surface area contributed by atoms with E-state index in [1.165, 1.54) is 0 Å². The zero-order chi connectivity index (χ0) is 14.8. The first-order chi connectivity index (χ1) is 10.2. The van der Waals surface area contributed by atoms with Crippen molar-refractivity contribution in [3.8, 4) is 0 Å². The third-order valence-electron chi connectivity index (χ3n) is 4.03. The van der Waals surface area contributed by atoms with Gasteiger partial charge in [-0.05, 0) is 37.1 Å². The van der Waals surface area contributed by atoms with Gasteiger partial charge in [-0.1, -0.05) is 31.2 Å². The summed E-state index contributed by atoms with van der Waals surface area (Å²) in [6.07, 6.45) is 2.14. The highest BCUT2D eigenvalue weighted by Crippen LogP contribution is 2.27. The molecule has 0 bridgehead atoms. The number of benzene rings is 1. The molecule has 0 spiro atoms. The summed E-state index contributed by atoms with van der Waals surface area (Å²) >= 11 is 0. The van der Waals surface area contributed by atoms with Crippen molar-refractivity contribution >= 4 is 22.5 Å². The molecule has 1 fully saturated rings. The van der Waals surface area contributed by atoms with Crippen LogP contribution in [0, 0.1) is 5.92 Å². The number of fused-ring (bicyclic) bond motifs is 1. The van der Waals surface area contributed by atoms with Crippen molar-refractivity contribution in [1.82, 2.24) is 10.3 Å². The lowest BCUT2D eigenvalue weighted by atomic mass is 9.82. The molecule has 0 atom stereocenters. The lowest BCUT2D eigenvalue weighted by molar-refractivity contribution is 0.0891. The van der Waals surface area contributed by atoms with E-state index in [-0.39, 0.29) is 5.91 Å². The van der Waals surface area contributed by atoms with Crippen LogP contribution in [-0.4, -0.2) is 23.5 Å². The van der Waals surface area contributed by atoms with Crippen molar-refractivity contribution in [2.24, 2.45) is 5.92 Å². The molecule has 1 heterocycles. The number of pyridine rings is 1. The van der Waals surface area contributed by atoms with Gasteiger partial charge in [0.2, 0.25) is 0 Å². The maximum atomic E-state index is 12.4. The van der Waals surface area contributed by atoms with E-state index in [0.29, 0.717) is 11.7 Å². The summed E-state index contributed by atoms with van der Waals surface area (Å²) < 4.78 is 0. The Morgan fingerprint density at radius 2 is 2.10 bits per heavy atom. The highest BCUT2D eigenvalue weighted by Gasteiger charge is 2.27. The zero-order valence-electron chi connectivity index (χ0n) is 12.5. The Hall–Kier alpha value is -2.10. The van der Waals surface area contributed by atoms with Crippen LogP contribution in [0.2, 0.25) is 0 Å². The molecule has 3 rings (SSSR count). The largest absolute Gasteiger partial charge is 0.370 e. The second kappa shape index (κ2) is 5.72. The zero-order valence-corrected chi connectivity index (χ0v) is 12.5. The summed E-state index contributed by atoms with van der Waals surface area (Å²) in [6, 6.07) is 10.2. The molecule has 1 aliphatic carbocycles. The molecule has 1 amide bonds. The second-order valence-corrected chi connectivity index (χ2v) is 5.85. The van der Waals surface area contributed by atoms with Gasteiger partial charge < -0.3 is 10.6 Å². The Bertz CT molecular complexity index is 662. The summed E-state index contributed by atoms with van der Waals surface area (Å²) in [4.78, 5) is 16.9. The molecule has 4 heteroatoms. The molecule has 0 saturated heterocycles.